The van der Waals surface area contributed by atoms with Crippen LogP contribution >= 0.6 is 46.5 Å². The van der Waals surface area contributed by atoms with Crippen LogP contribution in [-0.4, -0.2) is 138 Å². The number of anilines is 2. The predicted molar refractivity (Wildman–Crippen MR) is 356 cm³/mol. The van der Waals surface area contributed by atoms with Gasteiger partial charge in [-0.1, -0.05) is 133 Å². The number of thiazole rings is 2. The molecular weight excluding hydrogens is 1200 g/mol. The zero-order valence-electron chi connectivity index (χ0n) is 52.7. The molecule has 13 nitrogen and oxygen atoms in total. The van der Waals surface area contributed by atoms with Crippen molar-refractivity contribution in [2.45, 2.75) is 166 Å². The lowest BCUT2D eigenvalue weighted by Gasteiger charge is -2.37. The van der Waals surface area contributed by atoms with Crippen molar-refractivity contribution in [3.63, 3.8) is 0 Å². The maximum atomic E-state index is 14.8. The Kier molecular flexibility index (Phi) is 24.2. The molecule has 2 amide bonds. The van der Waals surface area contributed by atoms with Gasteiger partial charge in [-0.05, 0) is 106 Å². The number of hydrogen-bond acceptors (Lipinski definition) is 12. The molecule has 3 aromatic carbocycles. The fraction of sp³-hybridized carbons (Fsp3) is 0.588. The largest absolute Gasteiger partial charge is 0.444 e. The Bertz CT molecular complexity index is 3070. The summed E-state index contributed by atoms with van der Waals surface area (Å²) in [5, 5.41) is 10.2. The van der Waals surface area contributed by atoms with Gasteiger partial charge in [-0.15, -0.1) is 34.3 Å². The van der Waals surface area contributed by atoms with Gasteiger partial charge in [-0.3, -0.25) is 9.59 Å². The third-order valence-electron chi connectivity index (χ3n) is 18.1. The third kappa shape index (κ3) is 17.4. The monoisotopic (exact) mass is 1290 g/mol. The average molecular weight is 1290 g/mol. The molecule has 6 aliphatic rings. The van der Waals surface area contributed by atoms with Crippen LogP contribution in [0.3, 0.4) is 0 Å². The minimum absolute atomic E-state index is 0.0334. The summed E-state index contributed by atoms with van der Waals surface area (Å²) in [6.45, 7) is 21.5. The second-order valence-electron chi connectivity index (χ2n) is 26.6. The fourth-order valence-corrected chi connectivity index (χ4v) is 15.8. The van der Waals surface area contributed by atoms with Gasteiger partial charge in [-0.2, -0.15) is 0 Å². The van der Waals surface area contributed by atoms with Crippen molar-refractivity contribution in [3.05, 3.63) is 129 Å². The molecule has 5 aromatic rings. The van der Waals surface area contributed by atoms with E-state index >= 15 is 0 Å². The number of benzene rings is 3. The Balaban J connectivity index is 0.000000158. The Labute approximate surface area is 539 Å². The highest BCUT2D eigenvalue weighted by Gasteiger charge is 2.44. The summed E-state index contributed by atoms with van der Waals surface area (Å²) in [5.41, 5.74) is 8.07. The minimum atomic E-state index is -0.675. The number of nitrogens with zero attached hydrogens (tertiary/aromatic N) is 7. The van der Waals surface area contributed by atoms with Crippen LogP contribution < -0.4 is 20.9 Å². The van der Waals surface area contributed by atoms with E-state index in [0.717, 1.165) is 182 Å². The van der Waals surface area contributed by atoms with Crippen molar-refractivity contribution in [3.8, 4) is 0 Å². The van der Waals surface area contributed by atoms with Gasteiger partial charge in [0.2, 0.25) is 5.91 Å². The van der Waals surface area contributed by atoms with Crippen LogP contribution in [0.2, 0.25) is 0 Å². The highest BCUT2D eigenvalue weighted by molar-refractivity contribution is 7.80. The van der Waals surface area contributed by atoms with E-state index in [1.165, 1.54) is 18.9 Å². The number of thiocarbonyl (C=S) groups is 1. The number of ketones is 1. The van der Waals surface area contributed by atoms with Crippen molar-refractivity contribution in [2.75, 3.05) is 94.2 Å². The summed E-state index contributed by atoms with van der Waals surface area (Å²) < 4.78 is 48.9. The molecule has 20 heteroatoms. The van der Waals surface area contributed by atoms with Crippen LogP contribution in [0.25, 0.3) is 0 Å². The number of alkyl halides is 1. The summed E-state index contributed by atoms with van der Waals surface area (Å²) in [7, 11) is 0. The van der Waals surface area contributed by atoms with Gasteiger partial charge in [0.25, 0.3) is 0 Å². The zero-order chi connectivity index (χ0) is 63.1. The van der Waals surface area contributed by atoms with Gasteiger partial charge in [0.15, 0.2) is 21.2 Å². The molecule has 0 atom stereocenters. The van der Waals surface area contributed by atoms with Crippen molar-refractivity contribution in [2.24, 2.45) is 11.1 Å². The van der Waals surface area contributed by atoms with E-state index in [9.17, 15) is 27.6 Å². The first-order valence-electron chi connectivity index (χ1n) is 31.9. The van der Waals surface area contributed by atoms with E-state index in [1.807, 2.05) is 54.8 Å². The Hall–Kier alpha value is -5.34. The summed E-state index contributed by atoms with van der Waals surface area (Å²) in [5.74, 6) is -0.345. The lowest BCUT2D eigenvalue weighted by atomic mass is 9.67. The first kappa shape index (κ1) is 68.6. The SMILES string of the molecule is CC(C)(C)CC(=O)N1CCN(C(N)=S)CC1.CC(C)(C)OC(=O)N1CCN(c2nc(C3(c4ccccc4F)CCCCC3)cs2)CC1.Fc1ccccc1C1(c2csc(N3CCNCC3)n2)CCCCC1.O=C(CCl)C1(c2ccccc2F)CCCCC1. The molecule has 3 N–H and O–H groups in total. The van der Waals surface area contributed by atoms with E-state index in [2.05, 4.69) is 46.6 Å². The number of Topliss-reactive ketones (excluding diaryl/α,β-unsaturated/α-hetero) is 1. The molecule has 3 aliphatic carbocycles. The van der Waals surface area contributed by atoms with Gasteiger partial charge < -0.3 is 40.3 Å². The molecule has 88 heavy (non-hydrogen) atoms. The normalized spacial score (nSPS) is 19.4. The number of nitrogens with one attached hydrogen (secondary N) is 1. The standard InChI is InChI=1S/C24H32FN3O2S.C19H24FN3S.C14H16ClFO.C11H21N3OS/c1-23(2,3)30-22(29)28-15-13-27(14-16-28)21-26-20(17-31-21)24(11-7-4-8-12-24)18-9-5-6-10-19(18)25;20-16-7-3-2-6-15(16)19(8-4-1-5-9-19)17-14-24-18(22-17)23-12-10-21-11-13-23;15-10-13(17)14(8-4-1-5-9-14)11-6-2-3-7-12(11)16;1-11(2,3)8-9(15)13-4-6-14(7-5-13)10(12)16/h5-6,9-10,17H,4,7-8,11-16H2,1-3H3;2-3,6-7,14,21H,1,4-5,8-13H2;2-3,6-7H,1,4-5,8-10H2;4-8H2,1-3H3,(H2,12,16). The number of halogens is 4. The van der Waals surface area contributed by atoms with Crippen LogP contribution in [0.4, 0.5) is 28.2 Å². The van der Waals surface area contributed by atoms with Crippen molar-refractivity contribution >= 4 is 79.7 Å². The number of amides is 2. The smallest absolute Gasteiger partial charge is 0.410 e. The van der Waals surface area contributed by atoms with E-state index in [0.29, 0.717) is 30.2 Å². The first-order chi connectivity index (χ1) is 42.1. The molecule has 0 spiro atoms. The lowest BCUT2D eigenvalue weighted by molar-refractivity contribution is -0.134. The number of nitrogens with two attached hydrogens (primary N) is 1. The third-order valence-corrected chi connectivity index (χ3v) is 20.4. The lowest BCUT2D eigenvalue weighted by Crippen LogP contribution is -2.52. The Morgan fingerprint density at radius 3 is 1.39 bits per heavy atom. The molecule has 0 radical (unpaired) electrons. The topological polar surface area (TPSA) is 140 Å². The van der Waals surface area contributed by atoms with Crippen LogP contribution in [0.5, 0.6) is 0 Å². The van der Waals surface area contributed by atoms with E-state index in [1.54, 1.807) is 70.0 Å². The summed E-state index contributed by atoms with van der Waals surface area (Å²) in [6, 6.07) is 21.1. The van der Waals surface area contributed by atoms with Gasteiger partial charge >= 0.3 is 6.09 Å². The predicted octanol–water partition coefficient (Wildman–Crippen LogP) is 14.2. The zero-order valence-corrected chi connectivity index (χ0v) is 55.9. The highest BCUT2D eigenvalue weighted by Crippen LogP contribution is 2.49. The number of aromatic nitrogens is 2. The highest BCUT2D eigenvalue weighted by atomic mass is 35.5. The summed E-state index contributed by atoms with van der Waals surface area (Å²) in [6.07, 6.45) is 15.6. The van der Waals surface area contributed by atoms with Crippen LogP contribution in [-0.2, 0) is 30.6 Å². The van der Waals surface area contributed by atoms with E-state index in [4.69, 9.17) is 44.3 Å². The molecule has 2 aromatic heterocycles. The molecule has 6 fully saturated rings. The maximum absolute atomic E-state index is 14.8. The van der Waals surface area contributed by atoms with Gasteiger partial charge in [0.05, 0.1) is 22.7 Å². The number of ether oxygens (including phenoxy) is 1. The number of piperazine rings is 3. The van der Waals surface area contributed by atoms with Gasteiger partial charge in [-0.25, -0.2) is 27.9 Å². The minimum Gasteiger partial charge on any atom is -0.444 e. The number of carbonyl (C=O) groups excluding carboxylic acids is 3. The summed E-state index contributed by atoms with van der Waals surface area (Å²) in [4.78, 5) is 56.6. The second-order valence-corrected chi connectivity index (χ2v) is 28.9. The molecule has 480 valence electrons. The van der Waals surface area contributed by atoms with Crippen LogP contribution in [0, 0.1) is 22.9 Å². The second kappa shape index (κ2) is 31.1. The molecule has 3 aliphatic heterocycles. The van der Waals surface area contributed by atoms with Crippen molar-refractivity contribution in [1.29, 1.82) is 0 Å². The van der Waals surface area contributed by atoms with Crippen molar-refractivity contribution in [1.82, 2.24) is 30.0 Å². The maximum Gasteiger partial charge on any atom is 0.410 e. The van der Waals surface area contributed by atoms with Crippen molar-refractivity contribution < 1.29 is 32.3 Å². The molecule has 5 heterocycles. The Morgan fingerprint density at radius 1 is 0.580 bits per heavy atom. The van der Waals surface area contributed by atoms with Crippen LogP contribution in [0.15, 0.2) is 83.6 Å². The number of carbonyl (C=O) groups is 3. The average Bonchev–Trinajstić information content (AvgIpc) is 1.58. The first-order valence-corrected chi connectivity index (χ1v) is 34.6. The van der Waals surface area contributed by atoms with Crippen LogP contribution in [0.1, 0.15) is 172 Å². The fourth-order valence-electron chi connectivity index (χ4n) is 13.4. The number of rotatable bonds is 10. The quantitative estimate of drug-likeness (QED) is 0.102. The van der Waals surface area contributed by atoms with E-state index in [-0.39, 0.29) is 57.4 Å². The number of hydrogen-bond donors (Lipinski definition) is 2. The molecule has 11 rings (SSSR count). The Morgan fingerprint density at radius 2 is 0.977 bits per heavy atom. The molecule has 3 saturated carbocycles. The summed E-state index contributed by atoms with van der Waals surface area (Å²) >= 11 is 14.0. The van der Waals surface area contributed by atoms with Gasteiger partial charge in [0, 0.05) is 112 Å². The van der Waals surface area contributed by atoms with E-state index < -0.39 is 11.0 Å². The molecule has 0 unspecified atom stereocenters. The molecular formula is C68H93ClF3N9O4S3. The molecule has 3 saturated heterocycles. The molecule has 0 bridgehead atoms. The van der Waals surface area contributed by atoms with Gasteiger partial charge in [0.1, 0.15) is 23.1 Å².